The number of aliphatic imine (C=N–C) groups is 1. The van der Waals surface area contributed by atoms with Crippen LogP contribution in [0.3, 0.4) is 0 Å². The van der Waals surface area contributed by atoms with E-state index in [0.29, 0.717) is 0 Å². The van der Waals surface area contributed by atoms with Crippen LogP contribution in [0, 0.1) is 0 Å². The molecule has 0 aromatic carbocycles. The highest BCUT2D eigenvalue weighted by molar-refractivity contribution is 5.73. The maximum absolute atomic E-state index is 9.03. The van der Waals surface area contributed by atoms with Crippen molar-refractivity contribution in [1.29, 1.82) is 0 Å². The fourth-order valence-corrected chi connectivity index (χ4v) is 0.815. The van der Waals surface area contributed by atoms with Gasteiger partial charge in [-0.15, -0.1) is 0 Å². The predicted molar refractivity (Wildman–Crippen MR) is 47.4 cm³/mol. The maximum atomic E-state index is 9.03. The zero-order valence-electron chi connectivity index (χ0n) is 8.53. The van der Waals surface area contributed by atoms with Crippen molar-refractivity contribution in [3.8, 4) is 0 Å². The largest absolute Gasteiger partial charge is 0.553 e. The van der Waals surface area contributed by atoms with E-state index >= 15 is 0 Å². The number of quaternary nitrogens is 1. The second kappa shape index (κ2) is 4.81. The molecule has 0 bridgehead atoms. The van der Waals surface area contributed by atoms with E-state index in [-0.39, 0.29) is 0 Å². The van der Waals surface area contributed by atoms with E-state index in [4.69, 9.17) is 9.90 Å². The van der Waals surface area contributed by atoms with Gasteiger partial charge in [0.05, 0.1) is 20.6 Å². The molecule has 5 nitrogen and oxygen atoms in total. The molecule has 0 radical (unpaired) electrons. The molecule has 1 aliphatic rings. The zero-order valence-corrected chi connectivity index (χ0v) is 8.53. The van der Waals surface area contributed by atoms with Crippen LogP contribution in [0.5, 0.6) is 0 Å². The van der Waals surface area contributed by atoms with Crippen LogP contribution in [0.25, 0.3) is 0 Å². The zero-order chi connectivity index (χ0) is 10.5. The third-order valence-corrected chi connectivity index (χ3v) is 2.04. The lowest BCUT2D eigenvalue weighted by Crippen LogP contribution is -2.41. The molecule has 0 aliphatic carbocycles. The minimum absolute atomic E-state index is 0.986. The van der Waals surface area contributed by atoms with Gasteiger partial charge in [0.15, 0.2) is 5.84 Å². The molecule has 0 unspecified atom stereocenters. The molecule has 1 rings (SSSR count). The summed E-state index contributed by atoms with van der Waals surface area (Å²) in [7, 11) is 5.41. The normalized spacial score (nSPS) is 18.3. The number of nitrogens with zero attached hydrogens (tertiary/aromatic N) is 2. The van der Waals surface area contributed by atoms with Crippen molar-refractivity contribution in [2.45, 2.75) is 6.92 Å². The molecule has 1 heterocycles. The molecule has 5 heteroatoms. The minimum Gasteiger partial charge on any atom is -0.553 e. The number of amidine groups is 1. The maximum Gasteiger partial charge on any atom is 0.251 e. The molecule has 0 fully saturated rings. The van der Waals surface area contributed by atoms with Crippen molar-refractivity contribution in [2.24, 2.45) is 4.99 Å². The third-order valence-electron chi connectivity index (χ3n) is 2.04. The molecule has 13 heavy (non-hydrogen) atoms. The highest BCUT2D eigenvalue weighted by atomic mass is 16.6. The van der Waals surface area contributed by atoms with Gasteiger partial charge in [-0.05, 0) is 0 Å². The number of rotatable bonds is 0. The van der Waals surface area contributed by atoms with E-state index in [2.05, 4.69) is 30.7 Å². The van der Waals surface area contributed by atoms with Crippen molar-refractivity contribution in [2.75, 3.05) is 34.3 Å². The number of carbonyl (C=O) groups excluding carboxylic acids is 1. The summed E-state index contributed by atoms with van der Waals surface area (Å²) in [5, 5.41) is 9.03. The average molecular weight is 188 g/mol. The van der Waals surface area contributed by atoms with Gasteiger partial charge in [0.25, 0.3) is 6.16 Å². The Kier molecular flexibility index (Phi) is 4.40. The fraction of sp³-hybridized carbons (Fsp3) is 0.750. The van der Waals surface area contributed by atoms with E-state index in [0.717, 1.165) is 18.1 Å². The van der Waals surface area contributed by atoms with Crippen molar-refractivity contribution < 1.29 is 19.1 Å². The molecule has 0 spiro atoms. The highest BCUT2D eigenvalue weighted by Gasteiger charge is 2.23. The summed E-state index contributed by atoms with van der Waals surface area (Å²) >= 11 is 0. The van der Waals surface area contributed by atoms with Gasteiger partial charge in [-0.2, -0.15) is 0 Å². The van der Waals surface area contributed by atoms with Crippen LogP contribution in [-0.4, -0.2) is 50.8 Å². The first-order valence-corrected chi connectivity index (χ1v) is 3.99. The van der Waals surface area contributed by atoms with Crippen molar-refractivity contribution >= 4 is 12.0 Å². The summed E-state index contributed by atoms with van der Waals surface area (Å²) in [6.45, 7) is 4.28. The number of hydrogen-bond acceptors (Lipinski definition) is 4. The first kappa shape index (κ1) is 11.9. The average Bonchev–Trinajstić information content (AvgIpc) is 2.32. The first-order valence-electron chi connectivity index (χ1n) is 3.99. The lowest BCUT2D eigenvalue weighted by molar-refractivity contribution is -0.792. The Morgan fingerprint density at radius 1 is 1.62 bits per heavy atom. The van der Waals surface area contributed by atoms with E-state index in [9.17, 15) is 0 Å². The summed E-state index contributed by atoms with van der Waals surface area (Å²) in [4.78, 5) is 13.3. The molecule has 76 valence electrons. The highest BCUT2D eigenvalue weighted by Crippen LogP contribution is 2.05. The van der Waals surface area contributed by atoms with Gasteiger partial charge in [0, 0.05) is 14.0 Å². The molecular formula is C8H16N2O3. The molecule has 0 atom stereocenters. The molecular weight excluding hydrogens is 172 g/mol. The lowest BCUT2D eigenvalue weighted by Gasteiger charge is -2.21. The second-order valence-electron chi connectivity index (χ2n) is 3.29. The van der Waals surface area contributed by atoms with Crippen LogP contribution >= 0.6 is 0 Å². The van der Waals surface area contributed by atoms with Crippen LogP contribution in [-0.2, 0) is 4.74 Å². The summed E-state index contributed by atoms with van der Waals surface area (Å²) in [5.74, 6) is 1.25. The van der Waals surface area contributed by atoms with Gasteiger partial charge < -0.3 is 14.6 Å². The molecule has 0 aromatic heterocycles. The Hall–Kier alpha value is -1.10. The van der Waals surface area contributed by atoms with Crippen LogP contribution in [0.15, 0.2) is 4.99 Å². The van der Waals surface area contributed by atoms with Gasteiger partial charge in [0.2, 0.25) is 0 Å². The Bertz CT molecular complexity index is 211. The van der Waals surface area contributed by atoms with Crippen LogP contribution in [0.2, 0.25) is 0 Å². The van der Waals surface area contributed by atoms with E-state index in [1.807, 2.05) is 0 Å². The predicted octanol–water partition coefficient (Wildman–Crippen LogP) is -0.529. The molecule has 0 N–H and O–H groups in total. The summed E-state index contributed by atoms with van der Waals surface area (Å²) in [5.41, 5.74) is 0. The van der Waals surface area contributed by atoms with E-state index in [1.54, 1.807) is 0 Å². The Labute approximate surface area is 78.2 Å². The summed E-state index contributed by atoms with van der Waals surface area (Å²) < 4.78 is 4.54. The first-order chi connectivity index (χ1) is 5.90. The summed E-state index contributed by atoms with van der Waals surface area (Å²) in [6.07, 6.45) is -1.50. The Morgan fingerprint density at radius 3 is 2.15 bits per heavy atom. The number of carboxylic acid groups (broad SMARTS) is 1. The standard InChI is InChI=1S/C6H13N2.C2H4O3/c1-6-7-4-5-8(6,2)3;1-5-2(3)4/h4-5H2,1-3H3;1H3,(H,3,4)/q+1;/p-1. The van der Waals surface area contributed by atoms with E-state index in [1.165, 1.54) is 12.4 Å². The number of ether oxygens (including phenoxy) is 1. The lowest BCUT2D eigenvalue weighted by atomic mass is 10.5. The van der Waals surface area contributed by atoms with Gasteiger partial charge >= 0.3 is 0 Å². The van der Waals surface area contributed by atoms with Gasteiger partial charge in [-0.25, -0.2) is 4.99 Å². The van der Waals surface area contributed by atoms with Crippen molar-refractivity contribution in [1.82, 2.24) is 0 Å². The fourth-order valence-electron chi connectivity index (χ4n) is 0.815. The molecule has 0 saturated heterocycles. The smallest absolute Gasteiger partial charge is 0.251 e. The van der Waals surface area contributed by atoms with Crippen LogP contribution in [0.4, 0.5) is 4.79 Å². The van der Waals surface area contributed by atoms with Gasteiger partial charge in [-0.1, -0.05) is 0 Å². The van der Waals surface area contributed by atoms with Crippen molar-refractivity contribution in [3.05, 3.63) is 0 Å². The quantitative estimate of drug-likeness (QED) is 0.379. The molecule has 0 saturated carbocycles. The number of likely N-dealkylation sites (N-methyl/N-ethyl adjacent to an activating group) is 1. The van der Waals surface area contributed by atoms with Crippen LogP contribution in [0.1, 0.15) is 6.92 Å². The number of hydrogen-bond donors (Lipinski definition) is 0. The van der Waals surface area contributed by atoms with E-state index < -0.39 is 6.16 Å². The monoisotopic (exact) mass is 188 g/mol. The second-order valence-corrected chi connectivity index (χ2v) is 3.29. The minimum atomic E-state index is -1.50. The SMILES string of the molecule is CC1=NCC[N+]1(C)C.COC(=O)[O-]. The Balaban J connectivity index is 0.000000252. The van der Waals surface area contributed by atoms with Gasteiger partial charge in [-0.3, -0.25) is 4.48 Å². The summed E-state index contributed by atoms with van der Waals surface area (Å²) in [6, 6.07) is 0. The molecule has 1 aliphatic heterocycles. The van der Waals surface area contributed by atoms with Gasteiger partial charge in [0.1, 0.15) is 6.54 Å². The number of methoxy groups -OCH3 is 1. The third kappa shape index (κ3) is 4.47. The Morgan fingerprint density at radius 2 is 2.08 bits per heavy atom. The number of carbonyl (C=O) groups is 1. The molecule has 0 aromatic rings. The molecule has 0 amide bonds. The topological polar surface area (TPSA) is 61.7 Å². The van der Waals surface area contributed by atoms with Crippen LogP contribution < -0.4 is 5.11 Å². The van der Waals surface area contributed by atoms with Crippen molar-refractivity contribution in [3.63, 3.8) is 0 Å².